The van der Waals surface area contributed by atoms with Gasteiger partial charge in [-0.05, 0) is 39.0 Å². The number of nitrogens with zero attached hydrogens (tertiary/aromatic N) is 2. The van der Waals surface area contributed by atoms with E-state index in [2.05, 4.69) is 37.5 Å². The predicted molar refractivity (Wildman–Crippen MR) is 149 cm³/mol. The zero-order chi connectivity index (χ0) is 24.7. The molecule has 1 aliphatic rings. The Balaban J connectivity index is 1.93. The van der Waals surface area contributed by atoms with E-state index < -0.39 is 0 Å². The lowest BCUT2D eigenvalue weighted by Crippen LogP contribution is -2.55. The van der Waals surface area contributed by atoms with Crippen molar-refractivity contribution in [2.75, 3.05) is 26.2 Å². The molecule has 198 valence electrons. The van der Waals surface area contributed by atoms with Gasteiger partial charge in [-0.1, -0.05) is 96.1 Å². The van der Waals surface area contributed by atoms with Crippen molar-refractivity contribution in [2.24, 2.45) is 4.99 Å². The highest BCUT2D eigenvalue weighted by Crippen LogP contribution is 2.23. The topological polar surface area (TPSA) is 41.5 Å². The minimum absolute atomic E-state index is 0.0662. The number of carbonyl (C=O) groups is 1. The Bertz CT molecular complexity index is 545. The molecule has 0 saturated carbocycles. The molecule has 2 unspecified atom stereocenters. The average molecular weight is 477 g/mol. The number of quaternary nitrogens is 1. The van der Waals surface area contributed by atoms with E-state index in [1.165, 1.54) is 109 Å². The third kappa shape index (κ3) is 15.0. The molecule has 0 aromatic heterocycles. The molecule has 1 N–H and O–H groups in total. The number of hydrogen-bond donors (Lipinski definition) is 1. The first-order chi connectivity index (χ1) is 16.6. The molecule has 0 aromatic carbocycles. The van der Waals surface area contributed by atoms with Gasteiger partial charge < -0.3 is 5.32 Å². The summed E-state index contributed by atoms with van der Waals surface area (Å²) in [7, 11) is 0. The number of aliphatic imine (C=N–C) groups is 1. The number of hydrogen-bond acceptors (Lipinski definition) is 2. The number of amides is 1. The van der Waals surface area contributed by atoms with E-state index in [4.69, 9.17) is 4.99 Å². The smallest absolute Gasteiger partial charge is 0.217 e. The van der Waals surface area contributed by atoms with Crippen LogP contribution in [-0.2, 0) is 4.79 Å². The fourth-order valence-electron chi connectivity index (χ4n) is 5.24. The van der Waals surface area contributed by atoms with Crippen LogP contribution in [0.4, 0.5) is 0 Å². The van der Waals surface area contributed by atoms with Crippen LogP contribution in [0.25, 0.3) is 0 Å². The Morgan fingerprint density at radius 1 is 0.853 bits per heavy atom. The van der Waals surface area contributed by atoms with E-state index in [-0.39, 0.29) is 5.91 Å². The van der Waals surface area contributed by atoms with Crippen LogP contribution in [0.5, 0.6) is 0 Å². The maximum Gasteiger partial charge on any atom is 0.217 e. The lowest BCUT2D eigenvalue weighted by Gasteiger charge is -2.38. The van der Waals surface area contributed by atoms with Crippen LogP contribution in [0.1, 0.15) is 136 Å². The number of carbonyl (C=O) groups excluding carboxylic acids is 1. The van der Waals surface area contributed by atoms with Gasteiger partial charge in [0.25, 0.3) is 0 Å². The molecular weight excluding hydrogens is 418 g/mol. The zero-order valence-electron chi connectivity index (χ0n) is 23.2. The molecule has 2 atom stereocenters. The van der Waals surface area contributed by atoms with E-state index in [1.54, 1.807) is 6.92 Å². The van der Waals surface area contributed by atoms with Crippen LogP contribution in [-0.4, -0.2) is 48.9 Å². The van der Waals surface area contributed by atoms with E-state index >= 15 is 0 Å². The molecule has 0 aromatic rings. The van der Waals surface area contributed by atoms with Crippen LogP contribution in [0.2, 0.25) is 0 Å². The summed E-state index contributed by atoms with van der Waals surface area (Å²) < 4.78 is 1.01. The van der Waals surface area contributed by atoms with Crippen molar-refractivity contribution < 1.29 is 9.28 Å². The zero-order valence-corrected chi connectivity index (χ0v) is 23.2. The summed E-state index contributed by atoms with van der Waals surface area (Å²) >= 11 is 0. The number of unbranched alkanes of at least 4 members (excludes halogenated alkanes) is 15. The summed E-state index contributed by atoms with van der Waals surface area (Å²) in [6, 6.07) is 0. The molecule has 0 saturated heterocycles. The van der Waals surface area contributed by atoms with E-state index in [9.17, 15) is 4.79 Å². The number of rotatable bonds is 23. The Hall–Kier alpha value is -1.16. The van der Waals surface area contributed by atoms with Gasteiger partial charge in [0, 0.05) is 13.3 Å². The summed E-state index contributed by atoms with van der Waals surface area (Å²) in [5.74, 6) is 0.0662. The minimum Gasteiger partial charge on any atom is -0.351 e. The first kappa shape index (κ1) is 30.9. The summed E-state index contributed by atoms with van der Waals surface area (Å²) in [6.45, 7) is 9.99. The van der Waals surface area contributed by atoms with Crippen molar-refractivity contribution in [1.29, 1.82) is 0 Å². The molecule has 0 fully saturated rings. The van der Waals surface area contributed by atoms with Gasteiger partial charge >= 0.3 is 0 Å². The van der Waals surface area contributed by atoms with Crippen molar-refractivity contribution in [3.63, 3.8) is 0 Å². The third-order valence-electron chi connectivity index (χ3n) is 7.64. The Morgan fingerprint density at radius 2 is 1.38 bits per heavy atom. The number of allylic oxidation sites excluding steroid dienone is 2. The first-order valence-electron chi connectivity index (χ1n) is 14.9. The maximum absolute atomic E-state index is 11.2. The highest BCUT2D eigenvalue weighted by molar-refractivity contribution is 5.72. The molecule has 0 spiro atoms. The molecule has 4 nitrogen and oxygen atoms in total. The second kappa shape index (κ2) is 21.1. The maximum atomic E-state index is 11.2. The second-order valence-electron chi connectivity index (χ2n) is 10.5. The van der Waals surface area contributed by atoms with Gasteiger partial charge in [0.2, 0.25) is 5.91 Å². The predicted octanol–water partition coefficient (Wildman–Crippen LogP) is 7.97. The molecule has 0 bridgehead atoms. The fraction of sp³-hybridized carbons (Fsp3) is 0.867. The van der Waals surface area contributed by atoms with Crippen LogP contribution in [0.15, 0.2) is 17.1 Å². The van der Waals surface area contributed by atoms with Gasteiger partial charge in [-0.25, -0.2) is 4.99 Å². The normalized spacial score (nSPS) is 19.9. The highest BCUT2D eigenvalue weighted by atomic mass is 16.1. The van der Waals surface area contributed by atoms with Crippen LogP contribution >= 0.6 is 0 Å². The fourth-order valence-corrected chi connectivity index (χ4v) is 5.24. The number of nitrogens with one attached hydrogen (secondary N) is 1. The standard InChI is InChI=1S/C30H57N3O/c1-4-6-7-8-9-10-11-12-13-14-15-16-17-18-19-20-21-22-23-24-30-32-26-28-33(30,5-2)27-25-31-29(3)34/h19-20,26,30H,4-18,21-25,27-28H2,1-3H3/p+1/b20-19+. The van der Waals surface area contributed by atoms with E-state index in [0.717, 1.165) is 37.1 Å². The van der Waals surface area contributed by atoms with Crippen molar-refractivity contribution in [2.45, 2.75) is 143 Å². The summed E-state index contributed by atoms with van der Waals surface area (Å²) in [5.41, 5.74) is 0. The lowest BCUT2D eigenvalue weighted by atomic mass is 10.0. The van der Waals surface area contributed by atoms with Gasteiger partial charge in [-0.2, -0.15) is 0 Å². The molecule has 0 aliphatic carbocycles. The molecule has 1 heterocycles. The monoisotopic (exact) mass is 476 g/mol. The average Bonchev–Trinajstić information content (AvgIpc) is 3.23. The molecule has 1 rings (SSSR count). The summed E-state index contributed by atoms with van der Waals surface area (Å²) in [4.78, 5) is 16.0. The van der Waals surface area contributed by atoms with E-state index in [0.29, 0.717) is 6.17 Å². The quantitative estimate of drug-likeness (QED) is 0.0906. The Kier molecular flexibility index (Phi) is 19.2. The summed E-state index contributed by atoms with van der Waals surface area (Å²) in [5, 5.41) is 2.96. The Labute approximate surface area is 212 Å². The molecule has 0 radical (unpaired) electrons. The first-order valence-corrected chi connectivity index (χ1v) is 14.9. The minimum atomic E-state index is 0.0662. The lowest BCUT2D eigenvalue weighted by molar-refractivity contribution is -0.935. The molecule has 4 heteroatoms. The number of likely N-dealkylation sites (N-methyl/N-ethyl adjacent to an activating group) is 1. The highest BCUT2D eigenvalue weighted by Gasteiger charge is 2.37. The summed E-state index contributed by atoms with van der Waals surface area (Å²) in [6.07, 6.45) is 32.0. The second-order valence-corrected chi connectivity index (χ2v) is 10.5. The van der Waals surface area contributed by atoms with Gasteiger partial charge in [-0.15, -0.1) is 0 Å². The van der Waals surface area contributed by atoms with Crippen molar-refractivity contribution in [3.05, 3.63) is 12.2 Å². The van der Waals surface area contributed by atoms with E-state index in [1.807, 2.05) is 0 Å². The Morgan fingerprint density at radius 3 is 1.91 bits per heavy atom. The van der Waals surface area contributed by atoms with Crippen LogP contribution in [0, 0.1) is 0 Å². The molecule has 1 amide bonds. The van der Waals surface area contributed by atoms with Crippen molar-refractivity contribution in [3.8, 4) is 0 Å². The van der Waals surface area contributed by atoms with Gasteiger partial charge in [0.05, 0.1) is 25.8 Å². The van der Waals surface area contributed by atoms with Crippen LogP contribution in [0.3, 0.4) is 0 Å². The molecule has 34 heavy (non-hydrogen) atoms. The van der Waals surface area contributed by atoms with Gasteiger partial charge in [0.15, 0.2) is 6.17 Å². The molecule has 1 aliphatic heterocycles. The SMILES string of the molecule is CCCCCCCCCCCCCCC/C=C/CCCCC1N=CC[N+]1(CC)CCNC(C)=O. The van der Waals surface area contributed by atoms with Gasteiger partial charge in [-0.3, -0.25) is 9.28 Å². The molecular formula is C30H58N3O+. The van der Waals surface area contributed by atoms with Crippen LogP contribution < -0.4 is 5.32 Å². The third-order valence-corrected chi connectivity index (χ3v) is 7.64. The largest absolute Gasteiger partial charge is 0.351 e. The van der Waals surface area contributed by atoms with Gasteiger partial charge in [0.1, 0.15) is 6.54 Å². The van der Waals surface area contributed by atoms with Crippen molar-refractivity contribution in [1.82, 2.24) is 5.32 Å². The van der Waals surface area contributed by atoms with Crippen molar-refractivity contribution >= 4 is 12.1 Å².